The van der Waals surface area contributed by atoms with Crippen molar-refractivity contribution in [3.05, 3.63) is 101 Å². The van der Waals surface area contributed by atoms with E-state index >= 15 is 0 Å². The minimum Gasteiger partial charge on any atom is -0.451 e. The first-order chi connectivity index (χ1) is 17.9. The first-order valence-electron chi connectivity index (χ1n) is 12.2. The van der Waals surface area contributed by atoms with E-state index in [1.165, 1.54) is 19.8 Å². The summed E-state index contributed by atoms with van der Waals surface area (Å²) < 4.78 is 19.5. The number of hydrogen-bond donors (Lipinski definition) is 1. The standard InChI is InChI=1S/C29H33N3O5/c1-20-9-13-22(14-10-20)17-24(19-37-29(34)36-4)32-26-8-6-5-7-25(26)31(27(32)30-28(33)35-3)18-23-15-11-21(2)12-16-23/h5-16,24,29,34H,17-19H2,1-4H3/b30-27-/t24-,29?/m0/s1. The predicted octanol–water partition coefficient (Wildman–Crippen LogP) is 4.50. The molecule has 0 fully saturated rings. The molecule has 4 aromatic rings. The van der Waals surface area contributed by atoms with Gasteiger partial charge < -0.3 is 28.5 Å². The minimum atomic E-state index is -1.37. The molecular weight excluding hydrogens is 470 g/mol. The van der Waals surface area contributed by atoms with Crippen LogP contribution in [0.1, 0.15) is 28.3 Å². The summed E-state index contributed by atoms with van der Waals surface area (Å²) in [6, 6.07) is 24.1. The lowest BCUT2D eigenvalue weighted by atomic mass is 10.0. The molecule has 0 saturated heterocycles. The number of para-hydroxylation sites is 2. The zero-order valence-electron chi connectivity index (χ0n) is 21.6. The second kappa shape index (κ2) is 12.0. The SMILES string of the molecule is COC(=O)/N=c1/n(Cc2ccc(C)cc2)c2ccccc2n1[C@H](COC(O)OC)Cc1ccc(C)cc1. The highest BCUT2D eigenvalue weighted by atomic mass is 16.8. The van der Waals surface area contributed by atoms with Crippen LogP contribution in [0.15, 0.2) is 77.8 Å². The molecule has 1 heterocycles. The van der Waals surface area contributed by atoms with Crippen molar-refractivity contribution in [3.63, 3.8) is 0 Å². The third-order valence-electron chi connectivity index (χ3n) is 6.31. The van der Waals surface area contributed by atoms with Crippen LogP contribution >= 0.6 is 0 Å². The Labute approximate surface area is 216 Å². The van der Waals surface area contributed by atoms with Crippen LogP contribution in [0, 0.1) is 13.8 Å². The van der Waals surface area contributed by atoms with Gasteiger partial charge in [0, 0.05) is 7.11 Å². The van der Waals surface area contributed by atoms with E-state index in [0.717, 1.165) is 27.7 Å². The molecule has 0 aliphatic rings. The number of carbonyl (C=O) groups is 1. The van der Waals surface area contributed by atoms with Crippen molar-refractivity contribution in [1.29, 1.82) is 0 Å². The van der Waals surface area contributed by atoms with Gasteiger partial charge in [0.1, 0.15) is 0 Å². The summed E-state index contributed by atoms with van der Waals surface area (Å²) in [5, 5.41) is 9.99. The van der Waals surface area contributed by atoms with Gasteiger partial charge in [0.15, 0.2) is 0 Å². The van der Waals surface area contributed by atoms with Crippen LogP contribution in [0.5, 0.6) is 0 Å². The van der Waals surface area contributed by atoms with Gasteiger partial charge in [-0.2, -0.15) is 0 Å². The molecule has 1 unspecified atom stereocenters. The Morgan fingerprint density at radius 3 is 2.08 bits per heavy atom. The Bertz CT molecular complexity index is 1400. The summed E-state index contributed by atoms with van der Waals surface area (Å²) in [6.07, 6.45) is -0.127. The third kappa shape index (κ3) is 6.35. The number of aryl methyl sites for hydroxylation is 2. The number of aliphatic hydroxyl groups excluding tert-OH is 1. The lowest BCUT2D eigenvalue weighted by Gasteiger charge is -2.22. The molecule has 8 heteroatoms. The van der Waals surface area contributed by atoms with Crippen molar-refractivity contribution >= 4 is 17.1 Å². The number of rotatable bonds is 9. The number of benzene rings is 3. The maximum atomic E-state index is 12.5. The van der Waals surface area contributed by atoms with Gasteiger partial charge in [0.2, 0.25) is 5.62 Å². The highest BCUT2D eigenvalue weighted by Crippen LogP contribution is 2.23. The van der Waals surface area contributed by atoms with Crippen LogP contribution in [-0.2, 0) is 27.2 Å². The monoisotopic (exact) mass is 503 g/mol. The van der Waals surface area contributed by atoms with Crippen molar-refractivity contribution in [3.8, 4) is 0 Å². The lowest BCUT2D eigenvalue weighted by molar-refractivity contribution is -0.253. The Morgan fingerprint density at radius 1 is 0.892 bits per heavy atom. The van der Waals surface area contributed by atoms with E-state index in [9.17, 15) is 9.90 Å². The van der Waals surface area contributed by atoms with Gasteiger partial charge in [-0.1, -0.05) is 71.8 Å². The Hall–Kier alpha value is -3.72. The molecular formula is C29H33N3O5. The van der Waals surface area contributed by atoms with Crippen LogP contribution in [0.2, 0.25) is 0 Å². The maximum Gasteiger partial charge on any atom is 0.436 e. The second-order valence-electron chi connectivity index (χ2n) is 9.03. The van der Waals surface area contributed by atoms with E-state index in [-0.39, 0.29) is 12.6 Å². The van der Waals surface area contributed by atoms with E-state index in [2.05, 4.69) is 53.5 Å². The van der Waals surface area contributed by atoms with Gasteiger partial charge in [-0.15, -0.1) is 4.99 Å². The van der Waals surface area contributed by atoms with E-state index in [0.29, 0.717) is 18.6 Å². The van der Waals surface area contributed by atoms with Crippen molar-refractivity contribution in [2.24, 2.45) is 4.99 Å². The number of aromatic nitrogens is 2. The average Bonchev–Trinajstić information content (AvgIpc) is 3.21. The molecule has 194 valence electrons. The largest absolute Gasteiger partial charge is 0.451 e. The van der Waals surface area contributed by atoms with Crippen molar-refractivity contribution in [2.75, 3.05) is 20.8 Å². The highest BCUT2D eigenvalue weighted by molar-refractivity contribution is 5.77. The number of methoxy groups -OCH3 is 2. The quantitative estimate of drug-likeness (QED) is 0.340. The number of aliphatic hydroxyl groups is 1. The van der Waals surface area contributed by atoms with Gasteiger partial charge in [0.05, 0.1) is 37.3 Å². The highest BCUT2D eigenvalue weighted by Gasteiger charge is 2.22. The van der Waals surface area contributed by atoms with Crippen LogP contribution in [0.4, 0.5) is 4.79 Å². The topological polar surface area (TPSA) is 87.2 Å². The predicted molar refractivity (Wildman–Crippen MR) is 141 cm³/mol. The molecule has 8 nitrogen and oxygen atoms in total. The molecule has 37 heavy (non-hydrogen) atoms. The molecule has 0 aliphatic carbocycles. The van der Waals surface area contributed by atoms with Crippen molar-refractivity contribution in [1.82, 2.24) is 9.13 Å². The molecule has 0 aliphatic heterocycles. The zero-order valence-corrected chi connectivity index (χ0v) is 21.6. The van der Waals surface area contributed by atoms with E-state index in [1.807, 2.05) is 47.2 Å². The van der Waals surface area contributed by atoms with Crippen molar-refractivity contribution < 1.29 is 24.1 Å². The van der Waals surface area contributed by atoms with E-state index in [1.54, 1.807) is 0 Å². The van der Waals surface area contributed by atoms with E-state index in [4.69, 9.17) is 14.2 Å². The average molecular weight is 504 g/mol. The Morgan fingerprint density at radius 2 is 1.49 bits per heavy atom. The fourth-order valence-corrected chi connectivity index (χ4v) is 4.36. The number of nitrogens with zero attached hydrogens (tertiary/aromatic N) is 3. The first-order valence-corrected chi connectivity index (χ1v) is 12.2. The van der Waals surface area contributed by atoms with E-state index < -0.39 is 12.6 Å². The van der Waals surface area contributed by atoms with Gasteiger partial charge in [-0.05, 0) is 43.5 Å². The number of carbonyl (C=O) groups excluding carboxylic acids is 1. The van der Waals surface area contributed by atoms with Crippen molar-refractivity contribution in [2.45, 2.75) is 39.3 Å². The van der Waals surface area contributed by atoms with Gasteiger partial charge >= 0.3 is 6.09 Å². The first kappa shape index (κ1) is 26.3. The molecule has 1 N–H and O–H groups in total. The second-order valence-corrected chi connectivity index (χ2v) is 9.03. The summed E-state index contributed by atoms with van der Waals surface area (Å²) in [7, 11) is 2.68. The summed E-state index contributed by atoms with van der Waals surface area (Å²) in [4.78, 5) is 16.9. The Kier molecular flexibility index (Phi) is 8.55. The normalized spacial score (nSPS) is 13.6. The van der Waals surface area contributed by atoms with Crippen LogP contribution in [0.25, 0.3) is 11.0 Å². The van der Waals surface area contributed by atoms with Crippen LogP contribution in [0.3, 0.4) is 0 Å². The number of ether oxygens (including phenoxy) is 3. The molecule has 1 amide bonds. The Balaban J connectivity index is 1.91. The molecule has 2 atom stereocenters. The molecule has 0 radical (unpaired) electrons. The summed E-state index contributed by atoms with van der Waals surface area (Å²) in [5.74, 6) is 0. The smallest absolute Gasteiger partial charge is 0.436 e. The third-order valence-corrected chi connectivity index (χ3v) is 6.31. The minimum absolute atomic E-state index is 0.121. The van der Waals surface area contributed by atoms with Crippen LogP contribution < -0.4 is 5.62 Å². The molecule has 0 spiro atoms. The zero-order chi connectivity index (χ0) is 26.4. The number of fused-ring (bicyclic) bond motifs is 1. The van der Waals surface area contributed by atoms with Crippen LogP contribution in [-0.4, -0.2) is 47.6 Å². The summed E-state index contributed by atoms with van der Waals surface area (Å²) in [6.45, 7) is 3.34. The molecule has 0 saturated carbocycles. The molecule has 1 aromatic heterocycles. The van der Waals surface area contributed by atoms with Gasteiger partial charge in [0.25, 0.3) is 6.48 Å². The number of imidazole rings is 1. The molecule has 4 rings (SSSR count). The van der Waals surface area contributed by atoms with Gasteiger partial charge in [-0.25, -0.2) is 4.79 Å². The number of hydrogen-bond acceptors (Lipinski definition) is 5. The fourth-order valence-electron chi connectivity index (χ4n) is 4.36. The van der Waals surface area contributed by atoms with Gasteiger partial charge in [-0.3, -0.25) is 0 Å². The molecule has 0 bridgehead atoms. The summed E-state index contributed by atoms with van der Waals surface area (Å²) in [5.41, 5.74) is 6.70. The number of amides is 1. The fraction of sp³-hybridized carbons (Fsp3) is 0.310. The lowest BCUT2D eigenvalue weighted by Crippen LogP contribution is -2.34. The summed E-state index contributed by atoms with van der Waals surface area (Å²) >= 11 is 0. The molecule has 3 aromatic carbocycles. The maximum absolute atomic E-state index is 12.5.